The van der Waals surface area contributed by atoms with Crippen molar-refractivity contribution in [1.82, 2.24) is 0 Å². The van der Waals surface area contributed by atoms with E-state index in [-0.39, 0.29) is 23.9 Å². The van der Waals surface area contributed by atoms with Gasteiger partial charge in [0.05, 0.1) is 19.8 Å². The van der Waals surface area contributed by atoms with Crippen LogP contribution < -0.4 is 18.9 Å². The second-order valence-corrected chi connectivity index (χ2v) is 5.53. The molecule has 2 aromatic carbocycles. The molecule has 1 aliphatic rings. The highest BCUT2D eigenvalue weighted by atomic mass is 16.5. The van der Waals surface area contributed by atoms with E-state index >= 15 is 0 Å². The molecular formula is C20H18O6. The molecule has 134 valence electrons. The van der Waals surface area contributed by atoms with Crippen LogP contribution in [0.15, 0.2) is 42.2 Å². The molecule has 0 bridgehead atoms. The Labute approximate surface area is 150 Å². The number of carbonyl (C=O) groups is 2. The van der Waals surface area contributed by atoms with Crippen LogP contribution in [-0.4, -0.2) is 26.0 Å². The number of carbonyl (C=O) groups excluding carboxylic acids is 2. The van der Waals surface area contributed by atoms with E-state index < -0.39 is 0 Å². The first-order valence-corrected chi connectivity index (χ1v) is 8.06. The van der Waals surface area contributed by atoms with Crippen molar-refractivity contribution < 1.29 is 28.5 Å². The van der Waals surface area contributed by atoms with Crippen molar-refractivity contribution in [1.29, 1.82) is 0 Å². The molecule has 0 aliphatic carbocycles. The van der Waals surface area contributed by atoms with Gasteiger partial charge in [0, 0.05) is 24.1 Å². The molecule has 0 fully saturated rings. The summed E-state index contributed by atoms with van der Waals surface area (Å²) in [5.74, 6) is 1.47. The van der Waals surface area contributed by atoms with E-state index in [1.54, 1.807) is 50.4 Å². The van der Waals surface area contributed by atoms with E-state index in [1.807, 2.05) is 0 Å². The van der Waals surface area contributed by atoms with Gasteiger partial charge in [-0.3, -0.25) is 9.59 Å². The minimum absolute atomic E-state index is 0.169. The Morgan fingerprint density at radius 1 is 1.08 bits per heavy atom. The predicted octanol–water partition coefficient (Wildman–Crippen LogP) is 3.64. The highest BCUT2D eigenvalue weighted by Crippen LogP contribution is 2.36. The third-order valence-electron chi connectivity index (χ3n) is 3.89. The van der Waals surface area contributed by atoms with Gasteiger partial charge in [-0.2, -0.15) is 0 Å². The summed E-state index contributed by atoms with van der Waals surface area (Å²) in [4.78, 5) is 24.0. The lowest BCUT2D eigenvalue weighted by Crippen LogP contribution is -2.05. The van der Waals surface area contributed by atoms with Gasteiger partial charge in [0.2, 0.25) is 5.78 Å². The molecule has 3 rings (SSSR count). The third kappa shape index (κ3) is 3.39. The molecule has 0 radical (unpaired) electrons. The SMILES string of the molecule is CCC(=O)Oc1ccc2c(c1)OC(=Cc1ccc(OC)cc1OC)C2=O. The number of hydrogen-bond acceptors (Lipinski definition) is 6. The predicted molar refractivity (Wildman–Crippen MR) is 94.8 cm³/mol. The number of esters is 1. The Morgan fingerprint density at radius 3 is 2.54 bits per heavy atom. The Hall–Kier alpha value is -3.28. The maximum Gasteiger partial charge on any atom is 0.310 e. The monoisotopic (exact) mass is 354 g/mol. The molecule has 0 N–H and O–H groups in total. The Bertz CT molecular complexity index is 897. The van der Waals surface area contributed by atoms with Gasteiger partial charge < -0.3 is 18.9 Å². The van der Waals surface area contributed by atoms with Crippen LogP contribution in [0.4, 0.5) is 0 Å². The number of methoxy groups -OCH3 is 2. The lowest BCUT2D eigenvalue weighted by atomic mass is 10.1. The molecule has 0 unspecified atom stereocenters. The van der Waals surface area contributed by atoms with Crippen LogP contribution in [0, 0.1) is 0 Å². The van der Waals surface area contributed by atoms with E-state index in [0.717, 1.165) is 0 Å². The molecule has 0 amide bonds. The van der Waals surface area contributed by atoms with Gasteiger partial charge in [-0.25, -0.2) is 0 Å². The van der Waals surface area contributed by atoms with Crippen LogP contribution in [0.25, 0.3) is 6.08 Å². The van der Waals surface area contributed by atoms with E-state index in [9.17, 15) is 9.59 Å². The van der Waals surface area contributed by atoms with Crippen molar-refractivity contribution in [2.75, 3.05) is 14.2 Å². The van der Waals surface area contributed by atoms with Crippen LogP contribution in [0.5, 0.6) is 23.0 Å². The van der Waals surface area contributed by atoms with Gasteiger partial charge in [0.15, 0.2) is 5.76 Å². The summed E-state index contributed by atoms with van der Waals surface area (Å²) in [6, 6.07) is 9.96. The summed E-state index contributed by atoms with van der Waals surface area (Å²) in [5, 5.41) is 0. The van der Waals surface area contributed by atoms with Gasteiger partial charge >= 0.3 is 5.97 Å². The van der Waals surface area contributed by atoms with Gasteiger partial charge in [0.25, 0.3) is 0 Å². The molecule has 2 aromatic rings. The Morgan fingerprint density at radius 2 is 1.85 bits per heavy atom. The Balaban J connectivity index is 1.90. The smallest absolute Gasteiger partial charge is 0.310 e. The molecule has 1 aliphatic heterocycles. The van der Waals surface area contributed by atoms with Crippen LogP contribution >= 0.6 is 0 Å². The van der Waals surface area contributed by atoms with Crippen LogP contribution in [-0.2, 0) is 4.79 Å². The molecule has 0 aromatic heterocycles. The van der Waals surface area contributed by atoms with Gasteiger partial charge in [0.1, 0.15) is 23.0 Å². The van der Waals surface area contributed by atoms with Gasteiger partial charge in [-0.1, -0.05) is 6.92 Å². The van der Waals surface area contributed by atoms with Crippen LogP contribution in [0.2, 0.25) is 0 Å². The summed E-state index contributed by atoms with van der Waals surface area (Å²) >= 11 is 0. The van der Waals surface area contributed by atoms with Crippen LogP contribution in [0.1, 0.15) is 29.3 Å². The number of benzene rings is 2. The van der Waals surface area contributed by atoms with Crippen molar-refractivity contribution in [3.8, 4) is 23.0 Å². The average molecular weight is 354 g/mol. The summed E-state index contributed by atoms with van der Waals surface area (Å²) in [5.41, 5.74) is 1.10. The van der Waals surface area contributed by atoms with Crippen molar-refractivity contribution in [2.24, 2.45) is 0 Å². The number of rotatable bonds is 5. The summed E-state index contributed by atoms with van der Waals surface area (Å²) < 4.78 is 21.3. The standard InChI is InChI=1S/C20H18O6/c1-4-19(21)25-14-7-8-15-17(11-14)26-18(20(15)22)9-12-5-6-13(23-2)10-16(12)24-3/h5-11H,4H2,1-3H3. The molecule has 1 heterocycles. The number of Topliss-reactive ketones (excluding diaryl/α,β-unsaturated/α-hetero) is 1. The normalized spacial score (nSPS) is 14.0. The number of fused-ring (bicyclic) bond motifs is 1. The fourth-order valence-electron chi connectivity index (χ4n) is 2.51. The maximum atomic E-state index is 12.5. The second-order valence-electron chi connectivity index (χ2n) is 5.53. The van der Waals surface area contributed by atoms with E-state index in [4.69, 9.17) is 18.9 Å². The second kappa shape index (κ2) is 7.31. The lowest BCUT2D eigenvalue weighted by Gasteiger charge is -2.08. The summed E-state index contributed by atoms with van der Waals surface area (Å²) in [6.07, 6.45) is 1.87. The Kier molecular flexibility index (Phi) is 4.93. The molecule has 0 spiro atoms. The number of hydrogen-bond donors (Lipinski definition) is 0. The highest BCUT2D eigenvalue weighted by molar-refractivity contribution is 6.14. The van der Waals surface area contributed by atoms with Crippen molar-refractivity contribution in [3.05, 3.63) is 53.3 Å². The molecule has 0 saturated carbocycles. The molecular weight excluding hydrogens is 336 g/mol. The molecule has 0 atom stereocenters. The zero-order valence-corrected chi connectivity index (χ0v) is 14.7. The fraction of sp³-hybridized carbons (Fsp3) is 0.200. The summed E-state index contributed by atoms with van der Waals surface area (Å²) in [7, 11) is 3.10. The molecule has 6 heteroatoms. The van der Waals surface area contributed by atoms with E-state index in [0.29, 0.717) is 34.1 Å². The lowest BCUT2D eigenvalue weighted by molar-refractivity contribution is -0.134. The van der Waals surface area contributed by atoms with E-state index in [1.165, 1.54) is 13.2 Å². The summed E-state index contributed by atoms with van der Waals surface area (Å²) in [6.45, 7) is 1.71. The first-order valence-electron chi connectivity index (χ1n) is 8.06. The third-order valence-corrected chi connectivity index (χ3v) is 3.89. The zero-order valence-electron chi connectivity index (χ0n) is 14.7. The average Bonchev–Trinajstić information content (AvgIpc) is 2.97. The first kappa shape index (κ1) is 17.5. The zero-order chi connectivity index (χ0) is 18.7. The quantitative estimate of drug-likeness (QED) is 0.464. The maximum absolute atomic E-state index is 12.5. The van der Waals surface area contributed by atoms with Crippen molar-refractivity contribution in [3.63, 3.8) is 0 Å². The molecule has 26 heavy (non-hydrogen) atoms. The van der Waals surface area contributed by atoms with Crippen LogP contribution in [0.3, 0.4) is 0 Å². The van der Waals surface area contributed by atoms with Crippen molar-refractivity contribution in [2.45, 2.75) is 13.3 Å². The fourth-order valence-corrected chi connectivity index (χ4v) is 2.51. The van der Waals surface area contributed by atoms with Gasteiger partial charge in [-0.05, 0) is 30.3 Å². The number of allylic oxidation sites excluding steroid dienone is 1. The molecule has 6 nitrogen and oxygen atoms in total. The van der Waals surface area contributed by atoms with E-state index in [2.05, 4.69) is 0 Å². The minimum atomic E-state index is -0.354. The molecule has 0 saturated heterocycles. The van der Waals surface area contributed by atoms with Crippen molar-refractivity contribution >= 4 is 17.8 Å². The highest BCUT2D eigenvalue weighted by Gasteiger charge is 2.28. The minimum Gasteiger partial charge on any atom is -0.497 e. The van der Waals surface area contributed by atoms with Gasteiger partial charge in [-0.15, -0.1) is 0 Å². The largest absolute Gasteiger partial charge is 0.497 e. The number of ether oxygens (including phenoxy) is 4. The number of ketones is 1. The first-order chi connectivity index (χ1) is 12.5. The topological polar surface area (TPSA) is 71.1 Å².